The number of nitrogens with zero attached hydrogens (tertiary/aromatic N) is 5. The number of hydrogen-bond acceptors (Lipinski definition) is 6. The lowest BCUT2D eigenvalue weighted by Crippen LogP contribution is -2.39. The number of carbonyl (C=O) groups excluding carboxylic acids is 1. The van der Waals surface area contributed by atoms with Crippen molar-refractivity contribution in [2.45, 2.75) is 32.2 Å². The molecule has 0 bridgehead atoms. The number of aryl methyl sites for hydroxylation is 1. The summed E-state index contributed by atoms with van der Waals surface area (Å²) in [6.45, 7) is 2.64. The molecule has 3 heterocycles. The number of piperidine rings is 1. The second-order valence-corrected chi connectivity index (χ2v) is 8.27. The highest BCUT2D eigenvalue weighted by molar-refractivity contribution is 5.97. The van der Waals surface area contributed by atoms with Crippen LogP contribution in [0, 0.1) is 6.92 Å². The number of likely N-dealkylation sites (tertiary alicyclic amines) is 1. The van der Waals surface area contributed by atoms with Crippen LogP contribution in [0.25, 0.3) is 11.1 Å². The van der Waals surface area contributed by atoms with Gasteiger partial charge in [0, 0.05) is 44.8 Å². The van der Waals surface area contributed by atoms with E-state index in [1.807, 2.05) is 67.3 Å². The van der Waals surface area contributed by atoms with E-state index in [1.165, 1.54) is 0 Å². The molecule has 7 heteroatoms. The molecule has 1 atom stereocenters. The molecule has 3 aromatic rings. The van der Waals surface area contributed by atoms with Crippen LogP contribution in [-0.4, -0.2) is 53.5 Å². The van der Waals surface area contributed by atoms with Gasteiger partial charge in [0.1, 0.15) is 5.75 Å². The summed E-state index contributed by atoms with van der Waals surface area (Å²) in [6.07, 6.45) is 8.24. The van der Waals surface area contributed by atoms with E-state index in [-0.39, 0.29) is 11.9 Å². The number of para-hydroxylation sites is 1. The minimum absolute atomic E-state index is 0.0269. The maximum atomic E-state index is 13.8. The monoisotopic (exact) mass is 431 g/mol. The van der Waals surface area contributed by atoms with Gasteiger partial charge >= 0.3 is 0 Å². The minimum atomic E-state index is -0.147. The highest BCUT2D eigenvalue weighted by atomic mass is 16.5. The maximum absolute atomic E-state index is 13.8. The largest absolute Gasteiger partial charge is 0.496 e. The molecule has 32 heavy (non-hydrogen) atoms. The molecule has 2 aromatic heterocycles. The number of anilines is 1. The molecule has 0 unspecified atom stereocenters. The Bertz CT molecular complexity index is 1100. The van der Waals surface area contributed by atoms with Gasteiger partial charge in [-0.2, -0.15) is 0 Å². The summed E-state index contributed by atoms with van der Waals surface area (Å²) >= 11 is 0. The predicted molar refractivity (Wildman–Crippen MR) is 125 cm³/mol. The lowest BCUT2D eigenvalue weighted by molar-refractivity contribution is 0.0603. The first-order valence-electron chi connectivity index (χ1n) is 10.9. The zero-order valence-electron chi connectivity index (χ0n) is 19.1. The Morgan fingerprint density at radius 2 is 1.94 bits per heavy atom. The molecular formula is C25H29N5O2. The zero-order chi connectivity index (χ0) is 22.7. The molecule has 0 radical (unpaired) electrons. The fourth-order valence-electron chi connectivity index (χ4n) is 4.31. The number of aromatic nitrogens is 3. The quantitative estimate of drug-likeness (QED) is 0.600. The zero-order valence-corrected chi connectivity index (χ0v) is 19.1. The first-order valence-corrected chi connectivity index (χ1v) is 10.9. The summed E-state index contributed by atoms with van der Waals surface area (Å²) < 4.78 is 5.59. The van der Waals surface area contributed by atoms with Crippen molar-refractivity contribution in [3.05, 3.63) is 65.7 Å². The smallest absolute Gasteiger partial charge is 0.258 e. The highest BCUT2D eigenvalue weighted by Gasteiger charge is 2.33. The summed E-state index contributed by atoms with van der Waals surface area (Å²) in [5, 5.41) is 0. The number of pyridine rings is 1. The third-order valence-corrected chi connectivity index (χ3v) is 5.92. The van der Waals surface area contributed by atoms with Crippen molar-refractivity contribution in [2.75, 3.05) is 32.6 Å². The van der Waals surface area contributed by atoms with Crippen molar-refractivity contribution in [3.63, 3.8) is 0 Å². The fraction of sp³-hybridized carbons (Fsp3) is 0.360. The molecule has 4 rings (SSSR count). The van der Waals surface area contributed by atoms with Crippen molar-refractivity contribution in [1.82, 2.24) is 19.9 Å². The number of methoxy groups -OCH3 is 1. The third kappa shape index (κ3) is 4.15. The number of rotatable bonds is 5. The maximum Gasteiger partial charge on any atom is 0.258 e. The van der Waals surface area contributed by atoms with Gasteiger partial charge in [-0.3, -0.25) is 9.78 Å². The summed E-state index contributed by atoms with van der Waals surface area (Å²) in [5.74, 6) is 1.23. The van der Waals surface area contributed by atoms with E-state index in [0.29, 0.717) is 23.8 Å². The number of ether oxygens (including phenoxy) is 1. The lowest BCUT2D eigenvalue weighted by atomic mass is 9.93. The average molecular weight is 432 g/mol. The van der Waals surface area contributed by atoms with Crippen LogP contribution in [-0.2, 0) is 0 Å². The molecular weight excluding hydrogens is 402 g/mol. The Morgan fingerprint density at radius 3 is 2.66 bits per heavy atom. The van der Waals surface area contributed by atoms with Crippen LogP contribution in [0.3, 0.4) is 0 Å². The standard InChI is InChI=1S/C25H29N5O2/c1-17-8-7-9-19(23(17)32-4)24(31)30-15-6-5-10-21(30)22-20(18-11-13-26-14-12-18)16-27-25(28-22)29(2)3/h7-9,11-14,16,21H,5-6,10,15H2,1-4H3/t21-/m1/s1. The highest BCUT2D eigenvalue weighted by Crippen LogP contribution is 2.38. The molecule has 166 valence electrons. The van der Waals surface area contributed by atoms with Crippen molar-refractivity contribution in [2.24, 2.45) is 0 Å². The summed E-state index contributed by atoms with van der Waals surface area (Å²) in [6, 6.07) is 9.47. The van der Waals surface area contributed by atoms with Gasteiger partial charge in [0.05, 0.1) is 24.4 Å². The molecule has 0 aliphatic carbocycles. The van der Waals surface area contributed by atoms with Crippen LogP contribution in [0.15, 0.2) is 48.9 Å². The van der Waals surface area contributed by atoms with Gasteiger partial charge < -0.3 is 14.5 Å². The van der Waals surface area contributed by atoms with Crippen molar-refractivity contribution in [3.8, 4) is 16.9 Å². The second-order valence-electron chi connectivity index (χ2n) is 8.27. The third-order valence-electron chi connectivity index (χ3n) is 5.92. The summed E-state index contributed by atoms with van der Waals surface area (Å²) in [4.78, 5) is 31.2. The number of hydrogen-bond donors (Lipinski definition) is 0. The molecule has 0 spiro atoms. The van der Waals surface area contributed by atoms with Crippen LogP contribution >= 0.6 is 0 Å². The van der Waals surface area contributed by atoms with Gasteiger partial charge in [0.2, 0.25) is 5.95 Å². The van der Waals surface area contributed by atoms with Gasteiger partial charge in [0.25, 0.3) is 5.91 Å². The summed E-state index contributed by atoms with van der Waals surface area (Å²) in [5.41, 5.74) is 4.33. The van der Waals surface area contributed by atoms with E-state index in [2.05, 4.69) is 9.97 Å². The van der Waals surface area contributed by atoms with Crippen LogP contribution in [0.4, 0.5) is 5.95 Å². The Labute approximate surface area is 189 Å². The SMILES string of the molecule is COc1c(C)cccc1C(=O)N1CCCC[C@@H]1c1nc(N(C)C)ncc1-c1ccncc1. The first-order chi connectivity index (χ1) is 15.5. The Morgan fingerprint density at radius 1 is 1.16 bits per heavy atom. The Hall–Kier alpha value is -3.48. The van der Waals surface area contributed by atoms with E-state index in [4.69, 9.17) is 9.72 Å². The Balaban J connectivity index is 1.81. The van der Waals surface area contributed by atoms with Crippen LogP contribution in [0.1, 0.15) is 46.9 Å². The molecule has 1 amide bonds. The van der Waals surface area contributed by atoms with Gasteiger partial charge in [-0.15, -0.1) is 0 Å². The van der Waals surface area contributed by atoms with Crippen molar-refractivity contribution in [1.29, 1.82) is 0 Å². The van der Waals surface area contributed by atoms with E-state index < -0.39 is 0 Å². The van der Waals surface area contributed by atoms with Gasteiger partial charge in [-0.1, -0.05) is 12.1 Å². The second kappa shape index (κ2) is 9.34. The van der Waals surface area contributed by atoms with E-state index in [1.54, 1.807) is 19.5 Å². The molecule has 7 nitrogen and oxygen atoms in total. The predicted octanol–water partition coefficient (Wildman–Crippen LogP) is 4.29. The lowest BCUT2D eigenvalue weighted by Gasteiger charge is -2.37. The molecule has 1 fully saturated rings. The van der Waals surface area contributed by atoms with Crippen LogP contribution < -0.4 is 9.64 Å². The topological polar surface area (TPSA) is 71.5 Å². The Kier molecular flexibility index (Phi) is 6.35. The van der Waals surface area contributed by atoms with E-state index in [9.17, 15) is 4.79 Å². The molecule has 0 saturated carbocycles. The minimum Gasteiger partial charge on any atom is -0.496 e. The van der Waals surface area contributed by atoms with Gasteiger partial charge in [0.15, 0.2) is 0 Å². The van der Waals surface area contributed by atoms with Crippen molar-refractivity contribution < 1.29 is 9.53 Å². The number of carbonyl (C=O) groups is 1. The van der Waals surface area contributed by atoms with Gasteiger partial charge in [-0.05, 0) is 55.5 Å². The van der Waals surface area contributed by atoms with E-state index >= 15 is 0 Å². The molecule has 1 aliphatic heterocycles. The fourth-order valence-corrected chi connectivity index (χ4v) is 4.31. The van der Waals surface area contributed by atoms with Crippen LogP contribution in [0.2, 0.25) is 0 Å². The number of amides is 1. The first kappa shape index (κ1) is 21.7. The van der Waals surface area contributed by atoms with E-state index in [0.717, 1.165) is 41.6 Å². The van der Waals surface area contributed by atoms with Gasteiger partial charge in [-0.25, -0.2) is 9.97 Å². The molecule has 0 N–H and O–H groups in total. The molecule has 1 aromatic carbocycles. The molecule has 1 saturated heterocycles. The number of benzene rings is 1. The van der Waals surface area contributed by atoms with Crippen molar-refractivity contribution >= 4 is 11.9 Å². The summed E-state index contributed by atoms with van der Waals surface area (Å²) in [7, 11) is 5.46. The van der Waals surface area contributed by atoms with Crippen LogP contribution in [0.5, 0.6) is 5.75 Å². The average Bonchev–Trinajstić information content (AvgIpc) is 2.83. The normalized spacial score (nSPS) is 16.0. The molecule has 1 aliphatic rings.